The van der Waals surface area contributed by atoms with E-state index in [1.54, 1.807) is 41.5 Å². The Hall–Kier alpha value is -1.03. The average Bonchev–Trinajstić information content (AvgIpc) is 2.33. The van der Waals surface area contributed by atoms with Crippen LogP contribution in [0.5, 0.6) is 0 Å². The van der Waals surface area contributed by atoms with Crippen molar-refractivity contribution in [2.24, 2.45) is 22.7 Å². The molecular formula is C16H26O6Pt. The van der Waals surface area contributed by atoms with Crippen molar-refractivity contribution in [2.75, 3.05) is 0 Å². The van der Waals surface area contributed by atoms with E-state index in [-0.39, 0.29) is 32.6 Å². The van der Waals surface area contributed by atoms with E-state index in [9.17, 15) is 29.4 Å². The third-order valence-corrected chi connectivity index (χ3v) is 2.97. The molecule has 2 unspecified atom stereocenters. The zero-order valence-corrected chi connectivity index (χ0v) is 17.2. The van der Waals surface area contributed by atoms with E-state index >= 15 is 0 Å². The molecule has 0 N–H and O–H groups in total. The SMILES string of the molecule is CC(C(=O)[O-])C(=O)C(C)(C)C.CC(C(=O)[O-])C(=O)C(C)(C)C.[Pt+2]. The molecule has 7 heteroatoms. The van der Waals surface area contributed by atoms with Gasteiger partial charge in [0.25, 0.3) is 0 Å². The molecule has 0 spiro atoms. The summed E-state index contributed by atoms with van der Waals surface area (Å²) < 4.78 is 0. The predicted octanol–water partition coefficient (Wildman–Crippen LogP) is -0.0273. The van der Waals surface area contributed by atoms with Gasteiger partial charge in [0.05, 0.1) is 23.8 Å². The van der Waals surface area contributed by atoms with E-state index in [0.717, 1.165) is 0 Å². The van der Waals surface area contributed by atoms with Crippen molar-refractivity contribution in [3.8, 4) is 0 Å². The monoisotopic (exact) mass is 509 g/mol. The van der Waals surface area contributed by atoms with Crippen LogP contribution in [0, 0.1) is 22.7 Å². The molecule has 0 aromatic rings. The van der Waals surface area contributed by atoms with Crippen molar-refractivity contribution in [3.05, 3.63) is 0 Å². The van der Waals surface area contributed by atoms with Gasteiger partial charge in [-0.15, -0.1) is 0 Å². The van der Waals surface area contributed by atoms with Gasteiger partial charge in [-0.1, -0.05) is 55.4 Å². The molecule has 136 valence electrons. The van der Waals surface area contributed by atoms with Crippen molar-refractivity contribution >= 4 is 23.5 Å². The third kappa shape index (κ3) is 10.4. The Labute approximate surface area is 152 Å². The van der Waals surface area contributed by atoms with Gasteiger partial charge in [-0.3, -0.25) is 9.59 Å². The van der Waals surface area contributed by atoms with Gasteiger partial charge in [0.2, 0.25) is 0 Å². The molecule has 23 heavy (non-hydrogen) atoms. The molecule has 0 radical (unpaired) electrons. The van der Waals surface area contributed by atoms with Gasteiger partial charge in [0, 0.05) is 10.8 Å². The number of aliphatic carboxylic acids is 2. The maximum Gasteiger partial charge on any atom is 2.00 e. The second kappa shape index (κ2) is 9.96. The summed E-state index contributed by atoms with van der Waals surface area (Å²) >= 11 is 0. The normalized spacial score (nSPS) is 13.6. The number of ketones is 2. The van der Waals surface area contributed by atoms with Gasteiger partial charge in [0.15, 0.2) is 0 Å². The first-order valence-electron chi connectivity index (χ1n) is 7.03. The first-order chi connectivity index (χ1) is 9.53. The minimum absolute atomic E-state index is 0. The van der Waals surface area contributed by atoms with Crippen LogP contribution in [0.2, 0.25) is 0 Å². The minimum atomic E-state index is -1.30. The van der Waals surface area contributed by atoms with Crippen LogP contribution in [0.3, 0.4) is 0 Å². The summed E-state index contributed by atoms with van der Waals surface area (Å²) in [5.41, 5.74) is -1.20. The standard InChI is InChI=1S/2C8H14O3.Pt/c2*1-5(7(10)11)6(9)8(2,3)4;/h2*5H,1-4H3,(H,10,11);/q;;+2/p-2. The Balaban J connectivity index is -0.000000333. The zero-order valence-electron chi connectivity index (χ0n) is 14.9. The van der Waals surface area contributed by atoms with Gasteiger partial charge >= 0.3 is 21.1 Å². The van der Waals surface area contributed by atoms with Crippen molar-refractivity contribution in [2.45, 2.75) is 55.4 Å². The first-order valence-corrected chi connectivity index (χ1v) is 7.03. The molecule has 0 aliphatic rings. The van der Waals surface area contributed by atoms with Crippen molar-refractivity contribution in [1.82, 2.24) is 0 Å². The van der Waals surface area contributed by atoms with Crippen LogP contribution in [0.4, 0.5) is 0 Å². The molecule has 0 aromatic heterocycles. The van der Waals surface area contributed by atoms with E-state index in [1.807, 2.05) is 0 Å². The molecule has 0 amide bonds. The van der Waals surface area contributed by atoms with Crippen LogP contribution >= 0.6 is 0 Å². The second-order valence-corrected chi connectivity index (χ2v) is 7.31. The van der Waals surface area contributed by atoms with E-state index in [1.165, 1.54) is 13.8 Å². The summed E-state index contributed by atoms with van der Waals surface area (Å²) in [6, 6.07) is 0. The number of Topliss-reactive ketones (excluding diaryl/α,β-unsaturated/α-hetero) is 2. The van der Waals surface area contributed by atoms with E-state index in [0.29, 0.717) is 0 Å². The molecular weight excluding hydrogens is 483 g/mol. The number of hydrogen-bond acceptors (Lipinski definition) is 6. The van der Waals surface area contributed by atoms with Crippen molar-refractivity contribution in [1.29, 1.82) is 0 Å². The summed E-state index contributed by atoms with van der Waals surface area (Å²) in [4.78, 5) is 42.9. The van der Waals surface area contributed by atoms with E-state index in [2.05, 4.69) is 0 Å². The summed E-state index contributed by atoms with van der Waals surface area (Å²) in [7, 11) is 0. The fourth-order valence-corrected chi connectivity index (χ4v) is 1.51. The molecule has 0 heterocycles. The zero-order chi connectivity index (χ0) is 18.5. The fraction of sp³-hybridized carbons (Fsp3) is 0.750. The molecule has 0 rings (SSSR count). The summed E-state index contributed by atoms with van der Waals surface area (Å²) in [5, 5.41) is 20.5. The van der Waals surface area contributed by atoms with Gasteiger partial charge in [-0.25, -0.2) is 0 Å². The topological polar surface area (TPSA) is 114 Å². The molecule has 0 aromatic carbocycles. The molecule has 6 nitrogen and oxygen atoms in total. The van der Waals surface area contributed by atoms with Gasteiger partial charge in [0.1, 0.15) is 11.6 Å². The van der Waals surface area contributed by atoms with Crippen LogP contribution < -0.4 is 10.2 Å². The fourth-order valence-electron chi connectivity index (χ4n) is 1.51. The maximum atomic E-state index is 11.2. The van der Waals surface area contributed by atoms with Gasteiger partial charge in [-0.05, 0) is 0 Å². The van der Waals surface area contributed by atoms with Gasteiger partial charge < -0.3 is 19.8 Å². The maximum absolute atomic E-state index is 11.2. The predicted molar refractivity (Wildman–Crippen MR) is 77.3 cm³/mol. The number of carbonyl (C=O) groups excluding carboxylic acids is 4. The first kappa shape index (κ1) is 26.8. The third-order valence-electron chi connectivity index (χ3n) is 2.97. The molecule has 0 aliphatic carbocycles. The van der Waals surface area contributed by atoms with E-state index in [4.69, 9.17) is 0 Å². The van der Waals surface area contributed by atoms with Gasteiger partial charge in [-0.2, -0.15) is 0 Å². The smallest absolute Gasteiger partial charge is 0.549 e. The molecule has 0 saturated heterocycles. The van der Waals surface area contributed by atoms with Crippen molar-refractivity contribution in [3.63, 3.8) is 0 Å². The number of carboxylic acids is 2. The second-order valence-electron chi connectivity index (χ2n) is 7.31. The summed E-state index contributed by atoms with van der Waals surface area (Å²) in [5.74, 6) is -5.20. The van der Waals surface area contributed by atoms with Crippen molar-refractivity contribution < 1.29 is 50.5 Å². The van der Waals surface area contributed by atoms with Crippen LogP contribution in [0.1, 0.15) is 55.4 Å². The van der Waals surface area contributed by atoms with Crippen LogP contribution in [-0.2, 0) is 40.2 Å². The van der Waals surface area contributed by atoms with Crippen LogP contribution in [0.25, 0.3) is 0 Å². The summed E-state index contributed by atoms with van der Waals surface area (Å²) in [6.45, 7) is 12.8. The number of rotatable bonds is 4. The van der Waals surface area contributed by atoms with E-state index < -0.39 is 34.6 Å². The Morgan fingerprint density at radius 2 is 0.826 bits per heavy atom. The number of carbonyl (C=O) groups is 4. The summed E-state index contributed by atoms with van der Waals surface area (Å²) in [6.07, 6.45) is 0. The Morgan fingerprint density at radius 1 is 0.652 bits per heavy atom. The molecule has 2 atom stereocenters. The van der Waals surface area contributed by atoms with Crippen LogP contribution in [0.15, 0.2) is 0 Å². The molecule has 0 fully saturated rings. The Bertz CT molecular complexity index is 400. The average molecular weight is 509 g/mol. The largest absolute Gasteiger partial charge is 2.00 e. The minimum Gasteiger partial charge on any atom is -0.549 e. The molecule has 0 bridgehead atoms. The Kier molecular flexibility index (Phi) is 11.6. The molecule has 0 aliphatic heterocycles. The number of carboxylic acid groups (broad SMARTS) is 2. The van der Waals surface area contributed by atoms with Crippen LogP contribution in [-0.4, -0.2) is 23.5 Å². The number of hydrogen-bond donors (Lipinski definition) is 0. The quantitative estimate of drug-likeness (QED) is 0.492. The molecule has 0 saturated carbocycles. The Morgan fingerprint density at radius 3 is 0.870 bits per heavy atom.